The van der Waals surface area contributed by atoms with Gasteiger partial charge in [0.15, 0.2) is 4.80 Å². The third kappa shape index (κ3) is 5.84. The summed E-state index contributed by atoms with van der Waals surface area (Å²) in [5.74, 6) is -0.0168. The molecule has 204 valence electrons. The molecule has 4 rings (SSSR count). The van der Waals surface area contributed by atoms with Crippen LogP contribution in [0.3, 0.4) is 0 Å². The molecule has 0 unspecified atom stereocenters. The van der Waals surface area contributed by atoms with E-state index >= 15 is 0 Å². The topological polar surface area (TPSA) is 101 Å². The number of fused-ring (bicyclic) bond motifs is 1. The Morgan fingerprint density at radius 1 is 1.03 bits per heavy atom. The molecule has 38 heavy (non-hydrogen) atoms. The number of sulfonamides is 1. The van der Waals surface area contributed by atoms with Crippen molar-refractivity contribution in [3.63, 3.8) is 0 Å². The molecule has 0 N–H and O–H groups in total. The average Bonchev–Trinajstić information content (AvgIpc) is 3.25. The standard InChI is InChI=1S/C27H34N4O5S2/c1-5-13-31-23-12-9-21(19(3)4)18-24(23)37-26(31)28-25(32)20-7-10-22(11-8-20)38(34,35)30-16-14-29(15-17-30)27(33)36-6-2/h7-12,18-19H,5-6,13-17H2,1-4H3. The van der Waals surface area contributed by atoms with Crippen molar-refractivity contribution >= 4 is 43.6 Å². The van der Waals surface area contributed by atoms with Crippen LogP contribution in [-0.2, 0) is 21.3 Å². The summed E-state index contributed by atoms with van der Waals surface area (Å²) in [5, 5.41) is 0. The Balaban J connectivity index is 1.54. The Labute approximate surface area is 227 Å². The Hall–Kier alpha value is -3.02. The fourth-order valence-corrected chi connectivity index (χ4v) is 6.89. The molecule has 3 aromatic rings. The molecule has 1 saturated heterocycles. The molecule has 2 heterocycles. The van der Waals surface area contributed by atoms with Crippen molar-refractivity contribution in [3.05, 3.63) is 58.4 Å². The van der Waals surface area contributed by atoms with E-state index in [1.54, 1.807) is 6.92 Å². The molecule has 2 aromatic carbocycles. The maximum Gasteiger partial charge on any atom is 0.409 e. The van der Waals surface area contributed by atoms with Gasteiger partial charge in [-0.05, 0) is 61.2 Å². The van der Waals surface area contributed by atoms with Gasteiger partial charge in [-0.2, -0.15) is 9.30 Å². The number of carbonyl (C=O) groups is 2. The molecular formula is C27H34N4O5S2. The maximum absolute atomic E-state index is 13.1. The van der Waals surface area contributed by atoms with Crippen LogP contribution in [0.2, 0.25) is 0 Å². The highest BCUT2D eigenvalue weighted by molar-refractivity contribution is 7.89. The van der Waals surface area contributed by atoms with Gasteiger partial charge in [0.1, 0.15) is 0 Å². The van der Waals surface area contributed by atoms with Crippen molar-refractivity contribution in [1.82, 2.24) is 13.8 Å². The van der Waals surface area contributed by atoms with Gasteiger partial charge in [-0.25, -0.2) is 13.2 Å². The zero-order chi connectivity index (χ0) is 27.4. The molecule has 1 fully saturated rings. The van der Waals surface area contributed by atoms with Crippen molar-refractivity contribution in [2.75, 3.05) is 32.8 Å². The molecule has 0 bridgehead atoms. The minimum absolute atomic E-state index is 0.0998. The molecule has 0 spiro atoms. The van der Waals surface area contributed by atoms with Gasteiger partial charge in [-0.3, -0.25) is 4.79 Å². The number of carbonyl (C=O) groups excluding carboxylic acids is 2. The van der Waals surface area contributed by atoms with Crippen LogP contribution in [0.4, 0.5) is 4.79 Å². The monoisotopic (exact) mass is 558 g/mol. The number of aromatic nitrogens is 1. The third-order valence-electron chi connectivity index (χ3n) is 6.52. The van der Waals surface area contributed by atoms with Gasteiger partial charge in [0.2, 0.25) is 10.0 Å². The number of amides is 2. The molecular weight excluding hydrogens is 524 g/mol. The van der Waals surface area contributed by atoms with Gasteiger partial charge in [-0.15, -0.1) is 0 Å². The average molecular weight is 559 g/mol. The SMILES string of the molecule is CCCn1c(=NC(=O)c2ccc(S(=O)(=O)N3CCN(C(=O)OCC)CC3)cc2)sc2cc(C(C)C)ccc21. The minimum atomic E-state index is -3.76. The predicted octanol–water partition coefficient (Wildman–Crippen LogP) is 4.44. The lowest BCUT2D eigenvalue weighted by Crippen LogP contribution is -2.50. The van der Waals surface area contributed by atoms with Crippen LogP contribution in [0.5, 0.6) is 0 Å². The molecule has 0 aliphatic carbocycles. The smallest absolute Gasteiger partial charge is 0.409 e. The number of thiazole rings is 1. The molecule has 11 heteroatoms. The number of piperazine rings is 1. The summed E-state index contributed by atoms with van der Waals surface area (Å²) in [6, 6.07) is 12.3. The lowest BCUT2D eigenvalue weighted by atomic mass is 10.0. The number of aryl methyl sites for hydroxylation is 1. The first-order valence-corrected chi connectivity index (χ1v) is 15.2. The summed E-state index contributed by atoms with van der Waals surface area (Å²) >= 11 is 1.49. The number of ether oxygens (including phenoxy) is 1. The zero-order valence-electron chi connectivity index (χ0n) is 22.2. The number of hydrogen-bond donors (Lipinski definition) is 0. The van der Waals surface area contributed by atoms with E-state index in [0.717, 1.165) is 23.2 Å². The summed E-state index contributed by atoms with van der Waals surface area (Å²) in [4.78, 5) is 31.6. The minimum Gasteiger partial charge on any atom is -0.450 e. The quantitative estimate of drug-likeness (QED) is 0.427. The van der Waals surface area contributed by atoms with Crippen LogP contribution in [0.15, 0.2) is 52.4 Å². The number of nitrogens with zero attached hydrogens (tertiary/aromatic N) is 4. The first-order chi connectivity index (χ1) is 18.1. The van der Waals surface area contributed by atoms with Gasteiger partial charge in [-0.1, -0.05) is 38.2 Å². The molecule has 9 nitrogen and oxygen atoms in total. The highest BCUT2D eigenvalue weighted by Gasteiger charge is 2.30. The van der Waals surface area contributed by atoms with Crippen molar-refractivity contribution in [1.29, 1.82) is 0 Å². The highest BCUT2D eigenvalue weighted by Crippen LogP contribution is 2.24. The van der Waals surface area contributed by atoms with E-state index in [-0.39, 0.29) is 37.7 Å². The number of hydrogen-bond acceptors (Lipinski definition) is 6. The van der Waals surface area contributed by atoms with Gasteiger partial charge in [0, 0.05) is 38.3 Å². The van der Waals surface area contributed by atoms with E-state index in [2.05, 4.69) is 48.5 Å². The molecule has 1 aliphatic rings. The second-order valence-corrected chi connectivity index (χ2v) is 12.4. The van der Waals surface area contributed by atoms with Crippen molar-refractivity contribution in [2.45, 2.75) is 51.5 Å². The molecule has 2 amide bonds. The molecule has 0 radical (unpaired) electrons. The number of rotatable bonds is 7. The third-order valence-corrected chi connectivity index (χ3v) is 9.48. The van der Waals surface area contributed by atoms with E-state index < -0.39 is 22.0 Å². The van der Waals surface area contributed by atoms with Crippen LogP contribution in [0.1, 0.15) is 56.0 Å². The summed E-state index contributed by atoms with van der Waals surface area (Å²) in [7, 11) is -3.76. The van der Waals surface area contributed by atoms with Crippen LogP contribution < -0.4 is 4.80 Å². The normalized spacial score (nSPS) is 15.4. The Kier molecular flexibility index (Phi) is 8.69. The second kappa shape index (κ2) is 11.8. The van der Waals surface area contributed by atoms with E-state index in [9.17, 15) is 18.0 Å². The van der Waals surface area contributed by atoms with Gasteiger partial charge in [0.25, 0.3) is 5.91 Å². The largest absolute Gasteiger partial charge is 0.450 e. The lowest BCUT2D eigenvalue weighted by Gasteiger charge is -2.33. The Morgan fingerprint density at radius 2 is 1.71 bits per heavy atom. The first-order valence-electron chi connectivity index (χ1n) is 12.9. The number of benzene rings is 2. The van der Waals surface area contributed by atoms with Crippen molar-refractivity contribution in [2.24, 2.45) is 4.99 Å². The Morgan fingerprint density at radius 3 is 2.32 bits per heavy atom. The zero-order valence-corrected chi connectivity index (χ0v) is 23.8. The van der Waals surface area contributed by atoms with E-state index in [1.807, 2.05) is 0 Å². The van der Waals surface area contributed by atoms with Crippen molar-refractivity contribution in [3.8, 4) is 0 Å². The molecule has 1 aromatic heterocycles. The summed E-state index contributed by atoms with van der Waals surface area (Å²) < 4.78 is 35.8. The maximum atomic E-state index is 13.1. The van der Waals surface area contributed by atoms with Gasteiger partial charge < -0.3 is 14.2 Å². The summed E-state index contributed by atoms with van der Waals surface area (Å²) in [6.07, 6.45) is 0.468. The Bertz CT molecular complexity index is 1480. The van der Waals surface area contributed by atoms with Crippen molar-refractivity contribution < 1.29 is 22.7 Å². The highest BCUT2D eigenvalue weighted by atomic mass is 32.2. The molecule has 0 atom stereocenters. The summed E-state index contributed by atoms with van der Waals surface area (Å²) in [5.41, 5.74) is 2.61. The molecule has 1 aliphatic heterocycles. The van der Waals surface area contributed by atoms with E-state index in [4.69, 9.17) is 4.74 Å². The van der Waals surface area contributed by atoms with Crippen LogP contribution in [-0.4, -0.2) is 67.0 Å². The molecule has 0 saturated carbocycles. The summed E-state index contributed by atoms with van der Waals surface area (Å²) in [6.45, 7) is 10.0. The van der Waals surface area contributed by atoms with Gasteiger partial charge in [0.05, 0.1) is 21.7 Å². The van der Waals surface area contributed by atoms with E-state index in [1.165, 1.54) is 50.4 Å². The fraction of sp³-hybridized carbons (Fsp3) is 0.444. The van der Waals surface area contributed by atoms with E-state index in [0.29, 0.717) is 16.3 Å². The van der Waals surface area contributed by atoms with Crippen LogP contribution in [0.25, 0.3) is 10.2 Å². The lowest BCUT2D eigenvalue weighted by molar-refractivity contribution is 0.0933. The predicted molar refractivity (Wildman–Crippen MR) is 148 cm³/mol. The van der Waals surface area contributed by atoms with Crippen LogP contribution >= 0.6 is 11.3 Å². The van der Waals surface area contributed by atoms with Gasteiger partial charge >= 0.3 is 6.09 Å². The fourth-order valence-electron chi connectivity index (χ4n) is 4.37. The van der Waals surface area contributed by atoms with Crippen LogP contribution in [0, 0.1) is 0 Å². The first kappa shape index (κ1) is 28.0. The second-order valence-electron chi connectivity index (χ2n) is 9.45.